The maximum atomic E-state index is 13.0. The molecule has 0 aliphatic heterocycles. The number of nitrogens with zero attached hydrogens (tertiary/aromatic N) is 2. The van der Waals surface area contributed by atoms with Gasteiger partial charge in [-0.25, -0.2) is 10.4 Å². The van der Waals surface area contributed by atoms with Crippen molar-refractivity contribution >= 4 is 46.2 Å². The minimum atomic E-state index is -0.366. The van der Waals surface area contributed by atoms with Crippen molar-refractivity contribution in [1.29, 1.82) is 0 Å². The van der Waals surface area contributed by atoms with Crippen molar-refractivity contribution in [2.24, 2.45) is 5.10 Å². The van der Waals surface area contributed by atoms with Crippen LogP contribution in [-0.2, 0) is 0 Å². The van der Waals surface area contributed by atoms with Crippen LogP contribution in [0.15, 0.2) is 77.9 Å². The fraction of sp³-hybridized carbons (Fsp3) is 0.0417. The molecule has 1 amide bonds. The fourth-order valence-electron chi connectivity index (χ4n) is 3.07. The van der Waals surface area contributed by atoms with Gasteiger partial charge in [0.05, 0.1) is 30.1 Å². The standard InChI is InChI=1S/C24H17Cl2N3O2/c1-31-19-9-2-15(3-10-19)14-27-29-24(30)21-13-23(16-4-6-17(25)7-5-16)28-22-11-8-18(26)12-20(21)22/h2-14H,1H3,(H,29,30)/b27-14+. The van der Waals surface area contributed by atoms with E-state index in [-0.39, 0.29) is 5.91 Å². The zero-order valence-electron chi connectivity index (χ0n) is 16.5. The van der Waals surface area contributed by atoms with Gasteiger partial charge in [-0.15, -0.1) is 0 Å². The number of benzene rings is 3. The Morgan fingerprint density at radius 2 is 1.68 bits per heavy atom. The Kier molecular flexibility index (Phi) is 6.16. The van der Waals surface area contributed by atoms with Crippen LogP contribution in [0.2, 0.25) is 10.0 Å². The van der Waals surface area contributed by atoms with Crippen LogP contribution in [0.5, 0.6) is 5.75 Å². The number of hydrazone groups is 1. The van der Waals surface area contributed by atoms with E-state index < -0.39 is 0 Å². The lowest BCUT2D eigenvalue weighted by Crippen LogP contribution is -2.18. The summed E-state index contributed by atoms with van der Waals surface area (Å²) in [6.45, 7) is 0. The van der Waals surface area contributed by atoms with E-state index in [4.69, 9.17) is 27.9 Å². The number of pyridine rings is 1. The molecule has 0 spiro atoms. The van der Waals surface area contributed by atoms with Crippen molar-refractivity contribution < 1.29 is 9.53 Å². The van der Waals surface area contributed by atoms with Gasteiger partial charge in [-0.3, -0.25) is 4.79 Å². The molecule has 3 aromatic carbocycles. The average Bonchev–Trinajstić information content (AvgIpc) is 2.79. The molecule has 0 unspecified atom stereocenters. The van der Waals surface area contributed by atoms with Gasteiger partial charge in [-0.2, -0.15) is 5.10 Å². The molecule has 7 heteroatoms. The molecule has 4 rings (SSSR count). The van der Waals surface area contributed by atoms with Gasteiger partial charge in [-0.05, 0) is 66.2 Å². The third-order valence-electron chi connectivity index (χ3n) is 4.65. The second-order valence-corrected chi connectivity index (χ2v) is 7.57. The third-order valence-corrected chi connectivity index (χ3v) is 5.14. The molecule has 1 N–H and O–H groups in total. The summed E-state index contributed by atoms with van der Waals surface area (Å²) in [5.74, 6) is 0.380. The SMILES string of the molecule is COc1ccc(/C=N/NC(=O)c2cc(-c3ccc(Cl)cc3)nc3ccc(Cl)cc23)cc1. The van der Waals surface area contributed by atoms with E-state index in [1.165, 1.54) is 0 Å². The van der Waals surface area contributed by atoms with Gasteiger partial charge in [-0.1, -0.05) is 35.3 Å². The monoisotopic (exact) mass is 449 g/mol. The van der Waals surface area contributed by atoms with Crippen molar-refractivity contribution in [3.05, 3.63) is 94.0 Å². The maximum Gasteiger partial charge on any atom is 0.272 e. The highest BCUT2D eigenvalue weighted by Gasteiger charge is 2.14. The number of hydrogen-bond donors (Lipinski definition) is 1. The first-order valence-corrected chi connectivity index (χ1v) is 10.1. The van der Waals surface area contributed by atoms with E-state index in [0.29, 0.717) is 32.2 Å². The molecule has 1 aromatic heterocycles. The molecule has 4 aromatic rings. The average molecular weight is 450 g/mol. The number of amides is 1. The first-order valence-electron chi connectivity index (χ1n) is 9.37. The Balaban J connectivity index is 1.66. The maximum absolute atomic E-state index is 13.0. The van der Waals surface area contributed by atoms with Gasteiger partial charge >= 0.3 is 0 Å². The van der Waals surface area contributed by atoms with Crippen molar-refractivity contribution in [1.82, 2.24) is 10.4 Å². The number of rotatable bonds is 5. The highest BCUT2D eigenvalue weighted by Crippen LogP contribution is 2.28. The van der Waals surface area contributed by atoms with Gasteiger partial charge in [0.15, 0.2) is 0 Å². The molecule has 0 aliphatic rings. The normalized spacial score (nSPS) is 11.1. The molecular weight excluding hydrogens is 433 g/mol. The lowest BCUT2D eigenvalue weighted by molar-refractivity contribution is 0.0956. The Hall–Kier alpha value is -3.41. The van der Waals surface area contributed by atoms with E-state index in [9.17, 15) is 4.79 Å². The largest absolute Gasteiger partial charge is 0.497 e. The number of aromatic nitrogens is 1. The first kappa shape index (κ1) is 20.8. The Labute approximate surface area is 189 Å². The highest BCUT2D eigenvalue weighted by molar-refractivity contribution is 6.31. The second-order valence-electron chi connectivity index (χ2n) is 6.70. The summed E-state index contributed by atoms with van der Waals surface area (Å²) >= 11 is 12.2. The number of fused-ring (bicyclic) bond motifs is 1. The van der Waals surface area contributed by atoms with Crippen LogP contribution in [0.25, 0.3) is 22.2 Å². The summed E-state index contributed by atoms with van der Waals surface area (Å²) in [5, 5.41) is 5.87. The van der Waals surface area contributed by atoms with Crippen molar-refractivity contribution in [3.63, 3.8) is 0 Å². The summed E-state index contributed by atoms with van der Waals surface area (Å²) in [7, 11) is 1.60. The smallest absolute Gasteiger partial charge is 0.272 e. The summed E-state index contributed by atoms with van der Waals surface area (Å²) in [5.41, 5.74) is 5.98. The van der Waals surface area contributed by atoms with Gasteiger partial charge in [0.1, 0.15) is 5.75 Å². The zero-order valence-corrected chi connectivity index (χ0v) is 18.0. The van der Waals surface area contributed by atoms with Gasteiger partial charge in [0, 0.05) is 21.0 Å². The zero-order chi connectivity index (χ0) is 21.8. The molecule has 0 fully saturated rings. The minimum absolute atomic E-state index is 0.366. The molecule has 0 saturated carbocycles. The lowest BCUT2D eigenvalue weighted by Gasteiger charge is -2.09. The van der Waals surface area contributed by atoms with Crippen LogP contribution >= 0.6 is 23.2 Å². The van der Waals surface area contributed by atoms with Crippen LogP contribution in [-0.4, -0.2) is 24.2 Å². The quantitative estimate of drug-likeness (QED) is 0.301. The van der Waals surface area contributed by atoms with Gasteiger partial charge < -0.3 is 4.74 Å². The van der Waals surface area contributed by atoms with E-state index in [0.717, 1.165) is 16.9 Å². The number of carbonyl (C=O) groups excluding carboxylic acids is 1. The van der Waals surface area contributed by atoms with E-state index >= 15 is 0 Å². The predicted molar refractivity (Wildman–Crippen MR) is 125 cm³/mol. The Morgan fingerprint density at radius 1 is 0.968 bits per heavy atom. The number of carbonyl (C=O) groups is 1. The van der Waals surface area contributed by atoms with Crippen molar-refractivity contribution in [3.8, 4) is 17.0 Å². The fourth-order valence-corrected chi connectivity index (χ4v) is 3.37. The molecule has 31 heavy (non-hydrogen) atoms. The van der Waals surface area contributed by atoms with Crippen molar-refractivity contribution in [2.45, 2.75) is 0 Å². The number of hydrogen-bond acceptors (Lipinski definition) is 4. The molecule has 0 bridgehead atoms. The Morgan fingerprint density at radius 3 is 2.39 bits per heavy atom. The van der Waals surface area contributed by atoms with Crippen molar-refractivity contribution in [2.75, 3.05) is 7.11 Å². The second kappa shape index (κ2) is 9.16. The molecule has 0 atom stereocenters. The molecule has 0 radical (unpaired) electrons. The number of halogens is 2. The minimum Gasteiger partial charge on any atom is -0.497 e. The highest BCUT2D eigenvalue weighted by atomic mass is 35.5. The Bertz CT molecular complexity index is 1270. The molecule has 0 aliphatic carbocycles. The van der Waals surface area contributed by atoms with Crippen LogP contribution in [0.4, 0.5) is 0 Å². The predicted octanol–water partition coefficient (Wildman–Crippen LogP) is 5.98. The molecule has 154 valence electrons. The van der Waals surface area contributed by atoms with Gasteiger partial charge in [0.2, 0.25) is 0 Å². The van der Waals surface area contributed by atoms with Gasteiger partial charge in [0.25, 0.3) is 5.91 Å². The molecular formula is C24H17Cl2N3O2. The number of methoxy groups -OCH3 is 1. The molecule has 1 heterocycles. The summed E-state index contributed by atoms with van der Waals surface area (Å²) in [6.07, 6.45) is 1.56. The van der Waals surface area contributed by atoms with Crippen LogP contribution in [0.1, 0.15) is 15.9 Å². The van der Waals surface area contributed by atoms with E-state index in [1.54, 1.807) is 49.7 Å². The number of ether oxygens (including phenoxy) is 1. The summed E-state index contributed by atoms with van der Waals surface area (Å²) < 4.78 is 5.14. The third kappa shape index (κ3) is 4.85. The molecule has 0 saturated heterocycles. The topological polar surface area (TPSA) is 63.6 Å². The van der Waals surface area contributed by atoms with E-state index in [1.807, 2.05) is 36.4 Å². The first-order chi connectivity index (χ1) is 15.0. The van der Waals surface area contributed by atoms with E-state index in [2.05, 4.69) is 15.5 Å². The summed E-state index contributed by atoms with van der Waals surface area (Å²) in [6, 6.07) is 21.6. The van der Waals surface area contributed by atoms with Crippen LogP contribution < -0.4 is 10.2 Å². The number of nitrogens with one attached hydrogen (secondary N) is 1. The lowest BCUT2D eigenvalue weighted by atomic mass is 10.0. The molecule has 5 nitrogen and oxygen atoms in total. The summed E-state index contributed by atoms with van der Waals surface area (Å²) in [4.78, 5) is 17.6. The van der Waals surface area contributed by atoms with Crippen LogP contribution in [0, 0.1) is 0 Å². The van der Waals surface area contributed by atoms with Crippen LogP contribution in [0.3, 0.4) is 0 Å².